The number of aromatic nitrogens is 4. The van der Waals surface area contributed by atoms with Crippen molar-refractivity contribution in [2.45, 2.75) is 25.4 Å². The van der Waals surface area contributed by atoms with Crippen molar-refractivity contribution in [3.05, 3.63) is 42.5 Å². The minimum atomic E-state index is -1.23. The molecular weight excluding hydrogens is 334 g/mol. The van der Waals surface area contributed by atoms with Gasteiger partial charge in [0.15, 0.2) is 11.5 Å². The molecule has 4 rings (SSSR count). The van der Waals surface area contributed by atoms with Crippen LogP contribution in [0, 0.1) is 6.92 Å². The molecule has 134 valence electrons. The van der Waals surface area contributed by atoms with Gasteiger partial charge < -0.3 is 19.7 Å². The summed E-state index contributed by atoms with van der Waals surface area (Å²) in [6.07, 6.45) is 3.77. The lowest BCUT2D eigenvalue weighted by Crippen LogP contribution is -2.53. The first-order valence-corrected chi connectivity index (χ1v) is 8.46. The van der Waals surface area contributed by atoms with Gasteiger partial charge in [0.1, 0.15) is 17.6 Å². The van der Waals surface area contributed by atoms with Gasteiger partial charge in [-0.15, -0.1) is 0 Å². The first kappa shape index (κ1) is 16.3. The lowest BCUT2D eigenvalue weighted by atomic mass is 9.91. The molecule has 3 heterocycles. The lowest BCUT2D eigenvalue weighted by Gasteiger charge is -2.39. The maximum atomic E-state index is 12.0. The molecule has 1 aromatic carbocycles. The number of nitrogens with zero attached hydrogens (tertiary/aromatic N) is 4. The Morgan fingerprint density at radius 2 is 2.00 bits per heavy atom. The molecule has 1 fully saturated rings. The Labute approximate surface area is 149 Å². The second kappa shape index (κ2) is 6.29. The smallest absolute Gasteiger partial charge is 0.348 e. The molecule has 26 heavy (non-hydrogen) atoms. The number of H-pyrrole nitrogens is 1. The van der Waals surface area contributed by atoms with Crippen LogP contribution in [0.1, 0.15) is 18.4 Å². The van der Waals surface area contributed by atoms with E-state index in [-0.39, 0.29) is 0 Å². The fourth-order valence-corrected chi connectivity index (χ4v) is 3.31. The fraction of sp³-hybridized carbons (Fsp3) is 0.333. The molecule has 8 heteroatoms. The summed E-state index contributed by atoms with van der Waals surface area (Å²) >= 11 is 0. The number of hydrogen-bond acceptors (Lipinski definition) is 6. The van der Waals surface area contributed by atoms with Gasteiger partial charge in [0.2, 0.25) is 5.60 Å². The summed E-state index contributed by atoms with van der Waals surface area (Å²) < 4.78 is 6.01. The van der Waals surface area contributed by atoms with Gasteiger partial charge in [-0.3, -0.25) is 0 Å². The number of ether oxygens (including phenoxy) is 1. The Balaban J connectivity index is 1.57. The Morgan fingerprint density at radius 3 is 2.73 bits per heavy atom. The van der Waals surface area contributed by atoms with Crippen LogP contribution in [0.15, 0.2) is 36.9 Å². The summed E-state index contributed by atoms with van der Waals surface area (Å²) in [4.78, 5) is 29.7. The number of hydrogen-bond donors (Lipinski definition) is 2. The van der Waals surface area contributed by atoms with Gasteiger partial charge in [-0.25, -0.2) is 19.7 Å². The largest absolute Gasteiger partial charge is 0.478 e. The number of carboxylic acids is 1. The van der Waals surface area contributed by atoms with Crippen molar-refractivity contribution in [2.75, 3.05) is 18.0 Å². The molecule has 0 atom stereocenters. The first-order chi connectivity index (χ1) is 12.6. The molecule has 2 N–H and O–H groups in total. The molecule has 0 spiro atoms. The van der Waals surface area contributed by atoms with Crippen molar-refractivity contribution in [1.82, 2.24) is 19.9 Å². The average Bonchev–Trinajstić information content (AvgIpc) is 3.13. The number of aryl methyl sites for hydroxylation is 1. The molecule has 0 bridgehead atoms. The predicted octanol–water partition coefficient (Wildman–Crippen LogP) is 2.16. The standard InChI is InChI=1S/C18H19N5O3/c1-12-4-2-3-5-13(12)26-18(17(24)25)6-8-23(9-7-18)16-14-15(20-10-19-14)21-11-22-16/h2-5,10-11H,6-9H2,1H3,(H,24,25)(H,19,20,21,22). The van der Waals surface area contributed by atoms with Crippen LogP contribution in [-0.2, 0) is 4.79 Å². The molecule has 8 nitrogen and oxygen atoms in total. The van der Waals surface area contributed by atoms with Crippen LogP contribution in [0.2, 0.25) is 0 Å². The molecule has 0 aliphatic carbocycles. The van der Waals surface area contributed by atoms with E-state index in [0.717, 1.165) is 16.9 Å². The number of anilines is 1. The number of carbonyl (C=O) groups is 1. The number of fused-ring (bicyclic) bond motifs is 1. The van der Waals surface area contributed by atoms with E-state index in [1.807, 2.05) is 36.1 Å². The number of para-hydroxylation sites is 1. The molecule has 0 radical (unpaired) electrons. The monoisotopic (exact) mass is 353 g/mol. The van der Waals surface area contributed by atoms with E-state index in [4.69, 9.17) is 4.74 Å². The highest BCUT2D eigenvalue weighted by Crippen LogP contribution is 2.33. The van der Waals surface area contributed by atoms with E-state index in [9.17, 15) is 9.90 Å². The highest BCUT2D eigenvalue weighted by atomic mass is 16.5. The third-order valence-corrected chi connectivity index (χ3v) is 4.86. The van der Waals surface area contributed by atoms with Gasteiger partial charge >= 0.3 is 5.97 Å². The van der Waals surface area contributed by atoms with Gasteiger partial charge in [-0.2, -0.15) is 0 Å². The van der Waals surface area contributed by atoms with Crippen LogP contribution in [0.3, 0.4) is 0 Å². The summed E-state index contributed by atoms with van der Waals surface area (Å²) in [5.41, 5.74) is 1.05. The molecule has 1 aliphatic rings. The Hall–Kier alpha value is -3.16. The van der Waals surface area contributed by atoms with Gasteiger partial charge in [0.25, 0.3) is 0 Å². The summed E-state index contributed by atoms with van der Waals surface area (Å²) in [5.74, 6) is 0.415. The van der Waals surface area contributed by atoms with Crippen LogP contribution in [0.5, 0.6) is 5.75 Å². The van der Waals surface area contributed by atoms with Crippen molar-refractivity contribution < 1.29 is 14.6 Å². The zero-order chi connectivity index (χ0) is 18.1. The molecule has 0 unspecified atom stereocenters. The van der Waals surface area contributed by atoms with Crippen LogP contribution in [0.25, 0.3) is 11.2 Å². The van der Waals surface area contributed by atoms with E-state index in [1.54, 1.807) is 6.33 Å². The fourth-order valence-electron chi connectivity index (χ4n) is 3.31. The third-order valence-electron chi connectivity index (χ3n) is 4.86. The van der Waals surface area contributed by atoms with Gasteiger partial charge in [0.05, 0.1) is 6.33 Å². The second-order valence-corrected chi connectivity index (χ2v) is 6.45. The molecule has 1 aliphatic heterocycles. The normalized spacial score (nSPS) is 16.6. The predicted molar refractivity (Wildman–Crippen MR) is 95.3 cm³/mol. The Bertz CT molecular complexity index is 947. The number of nitrogens with one attached hydrogen (secondary N) is 1. The number of aromatic amines is 1. The summed E-state index contributed by atoms with van der Waals surface area (Å²) in [7, 11) is 0. The number of imidazole rings is 1. The van der Waals surface area contributed by atoms with Crippen molar-refractivity contribution in [1.29, 1.82) is 0 Å². The zero-order valence-electron chi connectivity index (χ0n) is 14.3. The molecule has 3 aromatic rings. The van der Waals surface area contributed by atoms with Gasteiger partial charge in [-0.1, -0.05) is 18.2 Å². The minimum Gasteiger partial charge on any atom is -0.478 e. The van der Waals surface area contributed by atoms with Crippen molar-refractivity contribution >= 4 is 23.0 Å². The van der Waals surface area contributed by atoms with Crippen molar-refractivity contribution in [2.24, 2.45) is 0 Å². The average molecular weight is 353 g/mol. The molecule has 1 saturated heterocycles. The van der Waals surface area contributed by atoms with Crippen LogP contribution in [-0.4, -0.2) is 49.7 Å². The Kier molecular flexibility index (Phi) is 3.95. The van der Waals surface area contributed by atoms with E-state index < -0.39 is 11.6 Å². The van der Waals surface area contributed by atoms with Crippen molar-refractivity contribution in [3.8, 4) is 5.75 Å². The molecule has 0 amide bonds. The van der Waals surface area contributed by atoms with E-state index in [2.05, 4.69) is 19.9 Å². The lowest BCUT2D eigenvalue weighted by molar-refractivity contribution is -0.157. The van der Waals surface area contributed by atoms with E-state index in [1.165, 1.54) is 6.33 Å². The van der Waals surface area contributed by atoms with E-state index >= 15 is 0 Å². The van der Waals surface area contributed by atoms with Crippen molar-refractivity contribution in [3.63, 3.8) is 0 Å². The maximum absolute atomic E-state index is 12.0. The molecule has 0 saturated carbocycles. The first-order valence-electron chi connectivity index (χ1n) is 8.46. The minimum absolute atomic E-state index is 0.357. The Morgan fingerprint density at radius 1 is 1.23 bits per heavy atom. The second-order valence-electron chi connectivity index (χ2n) is 6.45. The van der Waals surface area contributed by atoms with Crippen LogP contribution < -0.4 is 9.64 Å². The number of carboxylic acid groups (broad SMARTS) is 1. The zero-order valence-corrected chi connectivity index (χ0v) is 14.3. The number of benzene rings is 1. The SMILES string of the molecule is Cc1ccccc1OC1(C(=O)O)CCN(c2ncnc3nc[nH]c23)CC1. The highest BCUT2D eigenvalue weighted by Gasteiger charge is 2.44. The summed E-state index contributed by atoms with van der Waals surface area (Å²) in [6.45, 7) is 2.95. The maximum Gasteiger partial charge on any atom is 0.348 e. The number of piperidine rings is 1. The van der Waals surface area contributed by atoms with Gasteiger partial charge in [0, 0.05) is 25.9 Å². The number of rotatable bonds is 4. The van der Waals surface area contributed by atoms with Crippen LogP contribution in [0.4, 0.5) is 5.82 Å². The third kappa shape index (κ3) is 2.73. The van der Waals surface area contributed by atoms with Gasteiger partial charge in [-0.05, 0) is 18.6 Å². The quantitative estimate of drug-likeness (QED) is 0.740. The summed E-state index contributed by atoms with van der Waals surface area (Å²) in [6, 6.07) is 7.48. The van der Waals surface area contributed by atoms with Crippen LogP contribution >= 0.6 is 0 Å². The molecule has 2 aromatic heterocycles. The van der Waals surface area contributed by atoms with E-state index in [0.29, 0.717) is 37.3 Å². The summed E-state index contributed by atoms with van der Waals surface area (Å²) in [5, 5.41) is 9.85. The topological polar surface area (TPSA) is 104 Å². The number of aliphatic carboxylic acids is 1. The highest BCUT2D eigenvalue weighted by molar-refractivity contribution is 5.83. The molecular formula is C18H19N5O3.